The van der Waals surface area contributed by atoms with Crippen molar-refractivity contribution in [2.75, 3.05) is 0 Å². The zero-order valence-electron chi connectivity index (χ0n) is 31.8. The van der Waals surface area contributed by atoms with Crippen LogP contribution in [0.15, 0.2) is 23.1 Å². The van der Waals surface area contributed by atoms with E-state index in [1.165, 1.54) is 0 Å². The largest absolute Gasteiger partial charge is 1.00 e. The van der Waals surface area contributed by atoms with Crippen molar-refractivity contribution in [2.24, 2.45) is 33.9 Å². The van der Waals surface area contributed by atoms with Gasteiger partial charge in [-0.3, -0.25) is 16.0 Å². The maximum Gasteiger partial charge on any atom is 1.00 e. The number of hydrogen-bond acceptors (Lipinski definition) is 18. The van der Waals surface area contributed by atoms with Crippen molar-refractivity contribution in [3.8, 4) is 0 Å². The van der Waals surface area contributed by atoms with Crippen LogP contribution in [0.2, 0.25) is 0 Å². The predicted octanol–water partition coefficient (Wildman–Crippen LogP) is -9.00. The molecule has 1 saturated heterocycles. The van der Waals surface area contributed by atoms with E-state index in [1.54, 1.807) is 0 Å². The second-order valence-corrected chi connectivity index (χ2v) is 19.8. The number of ether oxygens (including phenoxy) is 1. The van der Waals surface area contributed by atoms with E-state index in [0.717, 1.165) is 6.26 Å². The zero-order chi connectivity index (χ0) is 39.1. The van der Waals surface area contributed by atoms with Crippen LogP contribution in [0.5, 0.6) is 0 Å². The van der Waals surface area contributed by atoms with E-state index in [9.17, 15) is 57.2 Å². The van der Waals surface area contributed by atoms with Gasteiger partial charge in [0.25, 0.3) is 0 Å². The number of alkyl halides is 3. The van der Waals surface area contributed by atoms with Crippen LogP contribution < -0.4 is 115 Å². The first-order valence-corrected chi connectivity index (χ1v) is 22.0. The number of aliphatic hydroxyl groups excluding tert-OH is 1. The number of nitrogens with one attached hydrogen (secondary N) is 5. The first kappa shape index (κ1) is 53.6. The molecule has 5 rings (SSSR count). The minimum absolute atomic E-state index is 0. The van der Waals surface area contributed by atoms with Crippen LogP contribution in [-0.2, 0) is 35.1 Å². The van der Waals surface area contributed by atoms with Crippen LogP contribution in [-0.4, -0.2) is 115 Å². The van der Waals surface area contributed by atoms with E-state index in [1.807, 2.05) is 6.92 Å². The topological polar surface area (TPSA) is 286 Å². The molecule has 4 aliphatic carbocycles. The third-order valence-corrected chi connectivity index (χ3v) is 15.1. The molecule has 5 fully saturated rings. The molecule has 18 nitrogen and oxygen atoms in total. The standard InChI is InChI=1S/C29H50F3N7O11S3.3Na/c1-3-50-28-36-26(33-19-9-8-14(2)10-21(19)52(44,45)46)35-27(37-28)34-20-13-16(51(41,42)43)11-15-12-22(53(47,48)49)24(25(40)23(15)20)39-38-18-7-5-4-6-17(18)29(30,31)32;;;/h3,14-28,33-37,40H,1,4-13H2,2H3,(H,41,42,43)(H,44,45,46)(H,47,48,49);;;/q;3*+1/p-3. The Morgan fingerprint density at radius 1 is 0.786 bits per heavy atom. The summed E-state index contributed by atoms with van der Waals surface area (Å²) >= 11 is 0. The molecule has 1 heterocycles. The van der Waals surface area contributed by atoms with Gasteiger partial charge >= 0.3 is 94.8 Å². The summed E-state index contributed by atoms with van der Waals surface area (Å²) < 4.78 is 158. The fraction of sp³-hybridized carbons (Fsp3) is 0.931. The summed E-state index contributed by atoms with van der Waals surface area (Å²) in [5.41, 5.74) is 0. The van der Waals surface area contributed by atoms with Gasteiger partial charge < -0.3 is 23.5 Å². The van der Waals surface area contributed by atoms with E-state index < -0.39 is 138 Å². The van der Waals surface area contributed by atoms with Crippen molar-refractivity contribution in [1.82, 2.24) is 26.6 Å². The molecular formula is C29H47F3N7Na3O11S3. The summed E-state index contributed by atoms with van der Waals surface area (Å²) in [5, 5.41) is 29.9. The number of fused-ring (bicyclic) bond motifs is 1. The first-order chi connectivity index (χ1) is 24.6. The Kier molecular flexibility index (Phi) is 20.7. The zero-order valence-corrected chi connectivity index (χ0v) is 40.2. The molecule has 27 heteroatoms. The van der Waals surface area contributed by atoms with E-state index in [0.29, 0.717) is 25.7 Å². The Balaban J connectivity index is 0.00000361. The van der Waals surface area contributed by atoms with Crippen molar-refractivity contribution in [3.05, 3.63) is 12.8 Å². The van der Waals surface area contributed by atoms with Crippen molar-refractivity contribution in [1.29, 1.82) is 0 Å². The van der Waals surface area contributed by atoms with Crippen LogP contribution >= 0.6 is 0 Å². The summed E-state index contributed by atoms with van der Waals surface area (Å²) in [6, 6.07) is -5.05. The average Bonchev–Trinajstić information content (AvgIpc) is 3.03. The average molecular weight is 892 g/mol. The van der Waals surface area contributed by atoms with Crippen molar-refractivity contribution in [2.45, 2.75) is 142 Å². The molecular weight excluding hydrogens is 845 g/mol. The van der Waals surface area contributed by atoms with Gasteiger partial charge in [0.05, 0.1) is 70.4 Å². The van der Waals surface area contributed by atoms with Crippen molar-refractivity contribution < 1.29 is 151 Å². The van der Waals surface area contributed by atoms with Crippen LogP contribution in [0.1, 0.15) is 71.1 Å². The number of nitrogens with zero attached hydrogens (tertiary/aromatic N) is 2. The Morgan fingerprint density at radius 2 is 1.38 bits per heavy atom. The summed E-state index contributed by atoms with van der Waals surface area (Å²) in [7, 11) is -15.0. The summed E-state index contributed by atoms with van der Waals surface area (Å²) in [5.74, 6) is -3.97. The van der Waals surface area contributed by atoms with Crippen molar-refractivity contribution in [3.63, 3.8) is 0 Å². The maximum atomic E-state index is 13.8. The minimum atomic E-state index is -5.27. The molecule has 15 atom stereocenters. The molecule has 0 radical (unpaired) electrons. The number of rotatable bonds is 11. The maximum absolute atomic E-state index is 13.8. The molecule has 0 amide bonds. The normalized spacial score (nSPS) is 39.9. The summed E-state index contributed by atoms with van der Waals surface area (Å²) in [4.78, 5) is 0. The SMILES string of the molecule is C=COC1NC(NC2CC(S(=O)(=O)[O-])CC3CC(S(=O)(=O)[O-])C(N=NC4CCCCC4C(F)(F)F)C(O)C32)NC(NC2CCC(C)CC2S(=O)(=O)[O-])N1.[Na+].[Na+].[Na+]. The number of halogens is 3. The van der Waals surface area contributed by atoms with Crippen LogP contribution in [0.4, 0.5) is 13.2 Å². The predicted molar refractivity (Wildman–Crippen MR) is 177 cm³/mol. The number of aliphatic hydroxyl groups is 1. The Morgan fingerprint density at radius 3 is 1.93 bits per heavy atom. The second kappa shape index (κ2) is 21.7. The minimum Gasteiger partial charge on any atom is -0.748 e. The Bertz CT molecular complexity index is 1680. The van der Waals surface area contributed by atoms with Gasteiger partial charge in [-0.1, -0.05) is 26.3 Å². The van der Waals surface area contributed by atoms with E-state index >= 15 is 0 Å². The van der Waals surface area contributed by atoms with Gasteiger partial charge in [0.1, 0.15) is 18.6 Å². The van der Waals surface area contributed by atoms with E-state index in [4.69, 9.17) is 4.74 Å². The molecule has 306 valence electrons. The quantitative estimate of drug-likeness (QED) is 0.0486. The first-order valence-electron chi connectivity index (χ1n) is 17.6. The smallest absolute Gasteiger partial charge is 0.748 e. The van der Waals surface area contributed by atoms with Crippen molar-refractivity contribution >= 4 is 30.4 Å². The molecule has 1 aliphatic heterocycles. The fourth-order valence-corrected chi connectivity index (χ4v) is 12.1. The summed E-state index contributed by atoms with van der Waals surface area (Å²) in [6.07, 6.45) is -8.13. The van der Waals surface area contributed by atoms with E-state index in [2.05, 4.69) is 43.4 Å². The number of hydrogen-bond donors (Lipinski definition) is 6. The molecule has 56 heavy (non-hydrogen) atoms. The van der Waals surface area contributed by atoms with Gasteiger partial charge in [0.2, 0.25) is 6.35 Å². The molecule has 0 aromatic heterocycles. The molecule has 5 aliphatic rings. The van der Waals surface area contributed by atoms with Gasteiger partial charge in [0.15, 0.2) is 0 Å². The third kappa shape index (κ3) is 13.7. The molecule has 15 unspecified atom stereocenters. The van der Waals surface area contributed by atoms with Crippen LogP contribution in [0.3, 0.4) is 0 Å². The third-order valence-electron chi connectivity index (χ3n) is 11.4. The van der Waals surface area contributed by atoms with Gasteiger partial charge in [-0.05, 0) is 63.2 Å². The molecule has 6 N–H and O–H groups in total. The Hall–Kier alpha value is 1.42. The van der Waals surface area contributed by atoms with Gasteiger partial charge in [0, 0.05) is 18.0 Å². The second-order valence-electron chi connectivity index (χ2n) is 14.9. The molecule has 0 aromatic rings. The van der Waals surface area contributed by atoms with E-state index in [-0.39, 0.29) is 114 Å². The van der Waals surface area contributed by atoms with Crippen LogP contribution in [0.25, 0.3) is 0 Å². The summed E-state index contributed by atoms with van der Waals surface area (Å²) in [6.45, 7) is 5.36. The number of azo groups is 1. The molecule has 4 saturated carbocycles. The van der Waals surface area contributed by atoms with Gasteiger partial charge in [-0.25, -0.2) is 35.9 Å². The fourth-order valence-electron chi connectivity index (χ4n) is 8.90. The molecule has 0 bridgehead atoms. The molecule has 0 aromatic carbocycles. The molecule has 0 spiro atoms. The van der Waals surface area contributed by atoms with Gasteiger partial charge in [-0.2, -0.15) is 23.4 Å². The van der Waals surface area contributed by atoms with Gasteiger partial charge in [-0.15, -0.1) is 0 Å². The monoisotopic (exact) mass is 891 g/mol. The van der Waals surface area contributed by atoms with Crippen LogP contribution in [0, 0.1) is 23.7 Å². The Labute approximate surface area is 392 Å².